The lowest BCUT2D eigenvalue weighted by atomic mass is 9.74. The number of carbonyl (C=O) groups excluding carboxylic acids is 2. The molecule has 1 aromatic heterocycles. The molecule has 2 aromatic carbocycles. The molecule has 0 spiro atoms. The standard InChI is InChI=1S/C28H33BN4O5/c1-19(2)15-24(29(36)37)31-27(35)28(16-20-9-5-4-6-10-20)17-22(32-38-28)18-33(3)26(34)25-23-12-8-7-11-21(23)13-14-30-25/h4-14,19,24,36-37H,15-18H2,1-3H3,(H,31,35). The summed E-state index contributed by atoms with van der Waals surface area (Å²) in [6.45, 7) is 4.02. The van der Waals surface area contributed by atoms with E-state index in [1.54, 1.807) is 13.2 Å². The van der Waals surface area contributed by atoms with Crippen LogP contribution in [-0.4, -0.2) is 69.7 Å². The van der Waals surface area contributed by atoms with E-state index in [9.17, 15) is 19.6 Å². The molecule has 2 heterocycles. The topological polar surface area (TPSA) is 124 Å². The highest BCUT2D eigenvalue weighted by Gasteiger charge is 2.48. The molecule has 0 saturated carbocycles. The first-order valence-electron chi connectivity index (χ1n) is 12.7. The second-order valence-electron chi connectivity index (χ2n) is 10.2. The van der Waals surface area contributed by atoms with Gasteiger partial charge in [0, 0.05) is 31.5 Å². The molecule has 0 aliphatic carbocycles. The number of hydrogen-bond acceptors (Lipinski definition) is 7. The Labute approximate surface area is 222 Å². The fourth-order valence-corrected chi connectivity index (χ4v) is 4.73. The molecular weight excluding hydrogens is 483 g/mol. The smallest absolute Gasteiger partial charge is 0.426 e. The molecule has 2 unspecified atom stereocenters. The van der Waals surface area contributed by atoms with Crippen LogP contribution in [0.25, 0.3) is 10.8 Å². The van der Waals surface area contributed by atoms with Crippen LogP contribution in [0.4, 0.5) is 0 Å². The van der Waals surface area contributed by atoms with Gasteiger partial charge in [-0.05, 0) is 29.4 Å². The van der Waals surface area contributed by atoms with Crippen molar-refractivity contribution in [2.45, 2.75) is 44.7 Å². The number of oxime groups is 1. The van der Waals surface area contributed by atoms with Crippen molar-refractivity contribution >= 4 is 35.4 Å². The van der Waals surface area contributed by atoms with E-state index in [2.05, 4.69) is 15.5 Å². The van der Waals surface area contributed by atoms with Gasteiger partial charge in [-0.3, -0.25) is 14.6 Å². The zero-order valence-electron chi connectivity index (χ0n) is 21.9. The monoisotopic (exact) mass is 516 g/mol. The van der Waals surface area contributed by atoms with Crippen LogP contribution in [0.2, 0.25) is 0 Å². The summed E-state index contributed by atoms with van der Waals surface area (Å²) in [7, 11) is -0.0549. The van der Waals surface area contributed by atoms with E-state index in [0.717, 1.165) is 16.3 Å². The highest BCUT2D eigenvalue weighted by Crippen LogP contribution is 2.30. The number of amides is 2. The number of benzene rings is 2. The van der Waals surface area contributed by atoms with Gasteiger partial charge in [0.15, 0.2) is 0 Å². The summed E-state index contributed by atoms with van der Waals surface area (Å²) in [5, 5.41) is 28.4. The van der Waals surface area contributed by atoms with Crippen LogP contribution in [0.1, 0.15) is 42.7 Å². The second-order valence-corrected chi connectivity index (χ2v) is 10.2. The third-order valence-electron chi connectivity index (χ3n) is 6.63. The number of fused-ring (bicyclic) bond motifs is 1. The van der Waals surface area contributed by atoms with Gasteiger partial charge in [0.2, 0.25) is 5.60 Å². The maximum absolute atomic E-state index is 13.6. The molecule has 9 nitrogen and oxygen atoms in total. The molecule has 4 rings (SSSR count). The molecule has 0 saturated heterocycles. The van der Waals surface area contributed by atoms with E-state index in [1.807, 2.05) is 74.5 Å². The fraction of sp³-hybridized carbons (Fsp3) is 0.357. The van der Waals surface area contributed by atoms with Crippen molar-refractivity contribution in [2.24, 2.45) is 11.1 Å². The van der Waals surface area contributed by atoms with Crippen molar-refractivity contribution in [3.05, 3.63) is 78.1 Å². The van der Waals surface area contributed by atoms with Gasteiger partial charge in [0.25, 0.3) is 11.8 Å². The van der Waals surface area contributed by atoms with Crippen molar-refractivity contribution in [1.82, 2.24) is 15.2 Å². The lowest BCUT2D eigenvalue weighted by Crippen LogP contribution is -2.56. The van der Waals surface area contributed by atoms with Crippen LogP contribution in [0, 0.1) is 5.92 Å². The summed E-state index contributed by atoms with van der Waals surface area (Å²) in [6, 6.07) is 18.8. The highest BCUT2D eigenvalue weighted by molar-refractivity contribution is 6.43. The summed E-state index contributed by atoms with van der Waals surface area (Å²) < 4.78 is 0. The van der Waals surface area contributed by atoms with Gasteiger partial charge < -0.3 is 25.1 Å². The molecule has 0 radical (unpaired) electrons. The average molecular weight is 516 g/mol. The number of rotatable bonds is 10. The van der Waals surface area contributed by atoms with Crippen molar-refractivity contribution < 1.29 is 24.5 Å². The van der Waals surface area contributed by atoms with Gasteiger partial charge >= 0.3 is 7.12 Å². The number of nitrogens with zero attached hydrogens (tertiary/aromatic N) is 3. The van der Waals surface area contributed by atoms with Crippen molar-refractivity contribution in [2.75, 3.05) is 13.6 Å². The number of hydrogen-bond donors (Lipinski definition) is 3. The van der Waals surface area contributed by atoms with Gasteiger partial charge in [0.05, 0.1) is 18.2 Å². The molecule has 38 heavy (non-hydrogen) atoms. The Kier molecular flexibility index (Phi) is 8.43. The first kappa shape index (κ1) is 27.3. The van der Waals surface area contributed by atoms with Gasteiger partial charge in [0.1, 0.15) is 5.69 Å². The third kappa shape index (κ3) is 6.20. The van der Waals surface area contributed by atoms with Crippen molar-refractivity contribution in [3.63, 3.8) is 0 Å². The Hall–Kier alpha value is -3.76. The zero-order valence-corrected chi connectivity index (χ0v) is 21.9. The minimum atomic E-state index is -1.71. The van der Waals surface area contributed by atoms with Gasteiger partial charge in [-0.2, -0.15) is 0 Å². The van der Waals surface area contributed by atoms with E-state index >= 15 is 0 Å². The SMILES string of the molecule is CC(C)CC(NC(=O)C1(Cc2ccccc2)CC(CN(C)C(=O)c2nccc3ccccc23)=NO1)B(O)O. The minimum absolute atomic E-state index is 0.130. The predicted molar refractivity (Wildman–Crippen MR) is 146 cm³/mol. The molecule has 1 aliphatic heterocycles. The number of aromatic nitrogens is 1. The van der Waals surface area contributed by atoms with Crippen LogP contribution in [0.5, 0.6) is 0 Å². The largest absolute Gasteiger partial charge is 0.475 e. The number of carbonyl (C=O) groups is 2. The summed E-state index contributed by atoms with van der Waals surface area (Å²) in [4.78, 5) is 38.5. The predicted octanol–water partition coefficient (Wildman–Crippen LogP) is 2.61. The van der Waals surface area contributed by atoms with E-state index in [1.165, 1.54) is 4.90 Å². The van der Waals surface area contributed by atoms with E-state index in [4.69, 9.17) is 4.84 Å². The summed E-state index contributed by atoms with van der Waals surface area (Å²) in [5.74, 6) is -1.48. The van der Waals surface area contributed by atoms with Crippen LogP contribution in [0.15, 0.2) is 72.0 Å². The maximum Gasteiger partial charge on any atom is 0.475 e. The minimum Gasteiger partial charge on any atom is -0.426 e. The van der Waals surface area contributed by atoms with Gasteiger partial charge in [-0.1, -0.05) is 73.6 Å². The number of pyridine rings is 1. The van der Waals surface area contributed by atoms with E-state index in [0.29, 0.717) is 17.8 Å². The molecule has 2 amide bonds. The summed E-state index contributed by atoms with van der Waals surface area (Å²) >= 11 is 0. The van der Waals surface area contributed by atoms with Crippen molar-refractivity contribution in [3.8, 4) is 0 Å². The zero-order chi connectivity index (χ0) is 27.3. The molecule has 0 fully saturated rings. The molecule has 3 aromatic rings. The van der Waals surface area contributed by atoms with Crippen LogP contribution >= 0.6 is 0 Å². The fourth-order valence-electron chi connectivity index (χ4n) is 4.73. The Morgan fingerprint density at radius 3 is 2.53 bits per heavy atom. The Balaban J connectivity index is 1.52. The third-order valence-corrected chi connectivity index (χ3v) is 6.63. The summed E-state index contributed by atoms with van der Waals surface area (Å²) in [5.41, 5.74) is 0.347. The number of nitrogens with one attached hydrogen (secondary N) is 1. The molecule has 198 valence electrons. The maximum atomic E-state index is 13.6. The molecule has 0 bridgehead atoms. The van der Waals surface area contributed by atoms with Crippen molar-refractivity contribution in [1.29, 1.82) is 0 Å². The average Bonchev–Trinajstić information content (AvgIpc) is 3.31. The van der Waals surface area contributed by atoms with E-state index in [-0.39, 0.29) is 31.2 Å². The van der Waals surface area contributed by atoms with E-state index < -0.39 is 24.6 Å². The van der Waals surface area contributed by atoms with Crippen LogP contribution in [0.3, 0.4) is 0 Å². The Bertz CT molecular complexity index is 1310. The molecule has 1 aliphatic rings. The second kappa shape index (κ2) is 11.7. The molecule has 10 heteroatoms. The molecular formula is C28H33BN4O5. The lowest BCUT2D eigenvalue weighted by molar-refractivity contribution is -0.144. The lowest BCUT2D eigenvalue weighted by Gasteiger charge is -2.29. The first-order valence-corrected chi connectivity index (χ1v) is 12.7. The molecule has 2 atom stereocenters. The Morgan fingerprint density at radius 2 is 1.82 bits per heavy atom. The normalized spacial score (nSPS) is 17.6. The molecule has 3 N–H and O–H groups in total. The van der Waals surface area contributed by atoms with Crippen LogP contribution < -0.4 is 5.32 Å². The first-order chi connectivity index (χ1) is 18.2. The summed E-state index contributed by atoms with van der Waals surface area (Å²) in [6.07, 6.45) is 2.36. The van der Waals surface area contributed by atoms with Gasteiger partial charge in [-0.15, -0.1) is 0 Å². The highest BCUT2D eigenvalue weighted by atomic mass is 16.7. The van der Waals surface area contributed by atoms with Gasteiger partial charge in [-0.25, -0.2) is 0 Å². The Morgan fingerprint density at radius 1 is 1.11 bits per heavy atom. The quantitative estimate of drug-likeness (QED) is 0.356. The van der Waals surface area contributed by atoms with Crippen LogP contribution in [-0.2, 0) is 16.1 Å².